The number of carbonyl (C=O) groups excluding carboxylic acids is 5. The van der Waals surface area contributed by atoms with Gasteiger partial charge in [0.2, 0.25) is 23.7 Å². The number of carbonyl (C=O) groups is 5. The lowest BCUT2D eigenvalue weighted by Gasteiger charge is -2.34. The van der Waals surface area contributed by atoms with E-state index in [0.717, 1.165) is 80.1 Å². The van der Waals surface area contributed by atoms with Gasteiger partial charge in [-0.2, -0.15) is 0 Å². The van der Waals surface area contributed by atoms with E-state index >= 15 is 0 Å². The van der Waals surface area contributed by atoms with Crippen LogP contribution in [0.15, 0.2) is 97.5 Å². The van der Waals surface area contributed by atoms with Crippen molar-refractivity contribution in [2.24, 2.45) is 0 Å². The molecule has 1 unspecified atom stereocenters. The second kappa shape index (κ2) is 19.4. The Labute approximate surface area is 363 Å². The number of fused-ring (bicyclic) bond motifs is 1. The molecule has 0 bridgehead atoms. The molecule has 15 nitrogen and oxygen atoms in total. The minimum absolute atomic E-state index is 0.0628. The van der Waals surface area contributed by atoms with Gasteiger partial charge in [0.25, 0.3) is 11.8 Å². The Kier molecular flexibility index (Phi) is 13.2. The Morgan fingerprint density at radius 1 is 0.790 bits per heavy atom. The predicted molar refractivity (Wildman–Crippen MR) is 234 cm³/mol. The number of nitrogens with zero attached hydrogens (tertiary/aromatic N) is 6. The maximum absolute atomic E-state index is 13.3. The number of aromatic nitrogens is 3. The molecule has 5 amide bonds. The summed E-state index contributed by atoms with van der Waals surface area (Å²) < 4.78 is 6.01. The lowest BCUT2D eigenvalue weighted by atomic mass is 10.0. The fraction of sp³-hybridized carbons (Fsp3) is 0.304. The third-order valence-corrected chi connectivity index (χ3v) is 11.4. The highest BCUT2D eigenvalue weighted by atomic mass is 35.5. The van der Waals surface area contributed by atoms with Crippen LogP contribution in [0.25, 0.3) is 22.4 Å². The molecule has 1 atom stereocenters. The number of amides is 5. The summed E-state index contributed by atoms with van der Waals surface area (Å²) >= 11 is 6.55. The molecule has 0 spiro atoms. The van der Waals surface area contributed by atoms with Crippen LogP contribution in [0.3, 0.4) is 0 Å². The van der Waals surface area contributed by atoms with Gasteiger partial charge in [0, 0.05) is 51.1 Å². The molecule has 3 aliphatic heterocycles. The number of benzene rings is 3. The van der Waals surface area contributed by atoms with Gasteiger partial charge in [0.05, 0.1) is 58.4 Å². The van der Waals surface area contributed by atoms with E-state index in [1.165, 1.54) is 0 Å². The molecular formula is C46H46ClN9O6. The van der Waals surface area contributed by atoms with Crippen LogP contribution in [0.4, 0.5) is 17.3 Å². The van der Waals surface area contributed by atoms with Crippen molar-refractivity contribution in [2.75, 3.05) is 56.5 Å². The molecule has 5 heterocycles. The van der Waals surface area contributed by atoms with Gasteiger partial charge in [0.15, 0.2) is 0 Å². The highest BCUT2D eigenvalue weighted by molar-refractivity contribution is 6.33. The number of nitrogens with one attached hydrogen (secondary N) is 3. The topological polar surface area (TPSA) is 179 Å². The zero-order valence-corrected chi connectivity index (χ0v) is 34.8. The number of hydrogen-bond donors (Lipinski definition) is 3. The van der Waals surface area contributed by atoms with Crippen molar-refractivity contribution >= 4 is 58.5 Å². The van der Waals surface area contributed by atoms with E-state index in [1.54, 1.807) is 42.9 Å². The number of hydrogen-bond acceptors (Lipinski definition) is 12. The summed E-state index contributed by atoms with van der Waals surface area (Å²) in [5, 5.41) is 8.79. The number of piperazine rings is 1. The van der Waals surface area contributed by atoms with Gasteiger partial charge in [-0.1, -0.05) is 66.2 Å². The average molecular weight is 856 g/mol. The first kappa shape index (κ1) is 42.2. The monoisotopic (exact) mass is 855 g/mol. The van der Waals surface area contributed by atoms with E-state index in [0.29, 0.717) is 46.8 Å². The van der Waals surface area contributed by atoms with Gasteiger partial charge in [-0.25, -0.2) is 9.97 Å². The van der Waals surface area contributed by atoms with E-state index in [4.69, 9.17) is 21.3 Å². The average Bonchev–Trinajstić information content (AvgIpc) is 3.54. The first-order valence-corrected chi connectivity index (χ1v) is 21.2. The Hall–Kier alpha value is -6.55. The van der Waals surface area contributed by atoms with Crippen LogP contribution in [0.2, 0.25) is 5.02 Å². The van der Waals surface area contributed by atoms with Crippen molar-refractivity contribution in [1.82, 2.24) is 35.0 Å². The molecule has 2 fully saturated rings. The Bertz CT molecular complexity index is 2480. The van der Waals surface area contributed by atoms with Crippen LogP contribution in [0, 0.1) is 0 Å². The van der Waals surface area contributed by atoms with E-state index in [2.05, 4.69) is 47.9 Å². The summed E-state index contributed by atoms with van der Waals surface area (Å²) in [5.74, 6) is -1.61. The summed E-state index contributed by atoms with van der Waals surface area (Å²) in [6.45, 7) is 5.77. The van der Waals surface area contributed by atoms with Gasteiger partial charge in [0.1, 0.15) is 11.8 Å². The molecule has 0 radical (unpaired) electrons. The number of halogens is 1. The van der Waals surface area contributed by atoms with Crippen LogP contribution in [-0.2, 0) is 14.4 Å². The van der Waals surface area contributed by atoms with E-state index in [-0.39, 0.29) is 29.9 Å². The molecule has 62 heavy (non-hydrogen) atoms. The lowest BCUT2D eigenvalue weighted by molar-refractivity contribution is -0.136. The van der Waals surface area contributed by atoms with E-state index in [1.807, 2.05) is 42.5 Å². The first-order chi connectivity index (χ1) is 30.2. The Morgan fingerprint density at radius 2 is 1.52 bits per heavy atom. The molecule has 5 aromatic rings. The second-order valence-electron chi connectivity index (χ2n) is 15.4. The largest absolute Gasteiger partial charge is 0.493 e. The molecule has 0 aliphatic carbocycles. The third-order valence-electron chi connectivity index (χ3n) is 11.2. The fourth-order valence-corrected chi connectivity index (χ4v) is 8.17. The maximum Gasteiger partial charge on any atom is 0.266 e. The molecule has 2 saturated heterocycles. The van der Waals surface area contributed by atoms with Crippen LogP contribution in [0.5, 0.6) is 5.75 Å². The summed E-state index contributed by atoms with van der Waals surface area (Å²) in [5.41, 5.74) is 5.15. The molecule has 3 aliphatic rings. The number of imide groups is 2. The number of ether oxygens (including phenoxy) is 1. The van der Waals surface area contributed by atoms with E-state index < -0.39 is 29.7 Å². The lowest BCUT2D eigenvalue weighted by Crippen LogP contribution is -2.54. The molecule has 8 rings (SSSR count). The highest BCUT2D eigenvalue weighted by Gasteiger charge is 2.46. The normalized spacial score (nSPS) is 16.9. The summed E-state index contributed by atoms with van der Waals surface area (Å²) in [4.78, 5) is 82.4. The minimum Gasteiger partial charge on any atom is -0.493 e. The standard InChI is InChI=1S/C46H46ClN9O6/c47-36-29-49-46(53-42(36)32-12-6-11-31(25-32)30-9-2-1-3-10-30)51-34-26-33(27-48-28-34)50-39(57)15-4-5-18-54-20-22-55(23-21-54)19-8-24-62-38-14-7-13-35-41(38)45(61)56(44(35)60)37-16-17-40(58)52-43(37)59/h1-3,6-7,9-14,25-29,37H,4-5,8,15-24H2,(H,50,57)(H,49,51,53)(H,52,58,59). The van der Waals surface area contributed by atoms with Crippen LogP contribution in [0.1, 0.15) is 59.2 Å². The van der Waals surface area contributed by atoms with Crippen LogP contribution < -0.4 is 20.7 Å². The van der Waals surface area contributed by atoms with Crippen LogP contribution in [-0.4, -0.2) is 111 Å². The van der Waals surface area contributed by atoms with Gasteiger partial charge < -0.3 is 25.2 Å². The van der Waals surface area contributed by atoms with Crippen molar-refractivity contribution in [2.45, 2.75) is 44.6 Å². The zero-order valence-electron chi connectivity index (χ0n) is 34.0. The van der Waals surface area contributed by atoms with Crippen molar-refractivity contribution in [3.8, 4) is 28.1 Å². The number of piperidine rings is 1. The summed E-state index contributed by atoms with van der Waals surface area (Å²) in [7, 11) is 0. The second-order valence-corrected chi connectivity index (χ2v) is 15.8. The highest BCUT2D eigenvalue weighted by Crippen LogP contribution is 2.34. The number of unbranched alkanes of at least 4 members (excludes halogenated alkanes) is 1. The van der Waals surface area contributed by atoms with Gasteiger partial charge >= 0.3 is 0 Å². The van der Waals surface area contributed by atoms with Crippen LogP contribution >= 0.6 is 11.6 Å². The van der Waals surface area contributed by atoms with Gasteiger partial charge in [-0.3, -0.25) is 39.2 Å². The minimum atomic E-state index is -1.02. The van der Waals surface area contributed by atoms with Gasteiger partial charge in [-0.15, -0.1) is 0 Å². The maximum atomic E-state index is 13.3. The first-order valence-electron chi connectivity index (χ1n) is 20.8. The Morgan fingerprint density at radius 3 is 2.31 bits per heavy atom. The quantitative estimate of drug-likeness (QED) is 0.0758. The summed E-state index contributed by atoms with van der Waals surface area (Å²) in [6.07, 6.45) is 7.74. The van der Waals surface area contributed by atoms with Crippen molar-refractivity contribution in [3.05, 3.63) is 114 Å². The molecule has 16 heteroatoms. The smallest absolute Gasteiger partial charge is 0.266 e. The zero-order chi connectivity index (χ0) is 43.0. The predicted octanol–water partition coefficient (Wildman–Crippen LogP) is 6.20. The summed E-state index contributed by atoms with van der Waals surface area (Å²) in [6, 6.07) is 23.8. The molecule has 2 aromatic heterocycles. The van der Waals surface area contributed by atoms with Crippen molar-refractivity contribution < 1.29 is 28.7 Å². The molecule has 318 valence electrons. The number of pyridine rings is 1. The fourth-order valence-electron chi connectivity index (χ4n) is 7.97. The molecular weight excluding hydrogens is 810 g/mol. The Balaban J connectivity index is 0.730. The third kappa shape index (κ3) is 9.97. The molecule has 0 saturated carbocycles. The SMILES string of the molecule is O=C1CCC(N2C(=O)c3cccc(OCCCN4CCN(CCCCC(=O)Nc5cncc(Nc6ncc(Cl)c(-c7cccc(-c8ccccc8)c7)n6)c5)CC4)c3C2=O)C(=O)N1. The molecule has 3 N–H and O–H groups in total. The molecule has 3 aromatic carbocycles. The van der Waals surface area contributed by atoms with E-state index in [9.17, 15) is 24.0 Å². The number of rotatable bonds is 16. The van der Waals surface area contributed by atoms with Crippen molar-refractivity contribution in [3.63, 3.8) is 0 Å². The van der Waals surface area contributed by atoms with Crippen molar-refractivity contribution in [1.29, 1.82) is 0 Å². The number of anilines is 3. The van der Waals surface area contributed by atoms with Gasteiger partial charge in [-0.05, 0) is 67.6 Å².